The third-order valence-electron chi connectivity index (χ3n) is 3.98. The van der Waals surface area contributed by atoms with Crippen molar-refractivity contribution in [3.63, 3.8) is 0 Å². The molecule has 1 aliphatic rings. The van der Waals surface area contributed by atoms with Gasteiger partial charge >= 0.3 is 0 Å². The molecule has 1 aromatic heterocycles. The van der Waals surface area contributed by atoms with Crippen LogP contribution in [0.15, 0.2) is 17.6 Å². The minimum Gasteiger partial charge on any atom is -0.353 e. The molecule has 0 atom stereocenters. The summed E-state index contributed by atoms with van der Waals surface area (Å²) < 4.78 is 1.93. The van der Waals surface area contributed by atoms with E-state index in [2.05, 4.69) is 32.0 Å². The topological polar surface area (TPSA) is 78.7 Å². The van der Waals surface area contributed by atoms with Crippen molar-refractivity contribution in [1.82, 2.24) is 29.9 Å². The minimum absolute atomic E-state index is 0.122. The Hall–Kier alpha value is -2.38. The summed E-state index contributed by atoms with van der Waals surface area (Å²) in [4.78, 5) is 20.1. The van der Waals surface area contributed by atoms with E-state index >= 15 is 0 Å². The van der Waals surface area contributed by atoms with Crippen LogP contribution in [0.25, 0.3) is 0 Å². The first-order valence-electron chi connectivity index (χ1n) is 7.77. The molecule has 1 fully saturated rings. The van der Waals surface area contributed by atoms with Crippen LogP contribution in [0, 0.1) is 6.92 Å². The van der Waals surface area contributed by atoms with E-state index in [0.717, 1.165) is 30.7 Å². The van der Waals surface area contributed by atoms with Crippen LogP contribution in [0.5, 0.6) is 0 Å². The highest BCUT2D eigenvalue weighted by molar-refractivity contribution is 5.80. The fourth-order valence-corrected chi connectivity index (χ4v) is 2.40. The molecule has 1 aliphatic heterocycles. The van der Waals surface area contributed by atoms with Crippen molar-refractivity contribution in [3.05, 3.63) is 24.3 Å². The van der Waals surface area contributed by atoms with Gasteiger partial charge in [-0.05, 0) is 6.92 Å². The summed E-state index contributed by atoms with van der Waals surface area (Å²) in [5.74, 6) is 2.62. The number of amides is 1. The smallest absolute Gasteiger partial charge is 0.219 e. The second-order valence-electron chi connectivity index (χ2n) is 5.52. The number of nitrogens with one attached hydrogen (secondary N) is 1. The number of carbonyl (C=O) groups excluding carboxylic acids is 1. The first-order chi connectivity index (χ1) is 11.0. The van der Waals surface area contributed by atoms with Gasteiger partial charge in [0.05, 0.1) is 0 Å². The molecule has 1 amide bonds. The Morgan fingerprint density at radius 1 is 1.30 bits per heavy atom. The fourth-order valence-electron chi connectivity index (χ4n) is 2.40. The standard InChI is InChI=1S/C15H25N7O/c1-5-6-16-15(17-11-14-19-18-12(2)20(14)4)22-9-7-21(8-10-22)13(3)23/h5H,1,6-11H2,2-4H3,(H,16,17). The lowest BCUT2D eigenvalue weighted by atomic mass is 10.3. The molecule has 0 spiro atoms. The molecule has 0 aliphatic carbocycles. The molecule has 1 aromatic rings. The van der Waals surface area contributed by atoms with E-state index in [1.165, 1.54) is 0 Å². The third kappa shape index (κ3) is 4.30. The molecule has 2 heterocycles. The summed E-state index contributed by atoms with van der Waals surface area (Å²) in [5, 5.41) is 11.5. The third-order valence-corrected chi connectivity index (χ3v) is 3.98. The van der Waals surface area contributed by atoms with Crippen molar-refractivity contribution in [1.29, 1.82) is 0 Å². The number of guanidine groups is 1. The van der Waals surface area contributed by atoms with Crippen molar-refractivity contribution in [3.8, 4) is 0 Å². The number of nitrogens with zero attached hydrogens (tertiary/aromatic N) is 6. The summed E-state index contributed by atoms with van der Waals surface area (Å²) in [6.45, 7) is 11.3. The maximum atomic E-state index is 11.4. The number of carbonyl (C=O) groups is 1. The predicted octanol–water partition coefficient (Wildman–Crippen LogP) is -0.0808. The molecule has 0 unspecified atom stereocenters. The van der Waals surface area contributed by atoms with Gasteiger partial charge in [0.15, 0.2) is 11.8 Å². The van der Waals surface area contributed by atoms with Gasteiger partial charge in [0.2, 0.25) is 5.91 Å². The quantitative estimate of drug-likeness (QED) is 0.477. The second kappa shape index (κ2) is 7.75. The number of hydrogen-bond donors (Lipinski definition) is 1. The van der Waals surface area contributed by atoms with E-state index in [-0.39, 0.29) is 5.91 Å². The Kier molecular flexibility index (Phi) is 5.72. The van der Waals surface area contributed by atoms with E-state index < -0.39 is 0 Å². The number of hydrogen-bond acceptors (Lipinski definition) is 4. The van der Waals surface area contributed by atoms with Gasteiger partial charge in [0.1, 0.15) is 12.4 Å². The van der Waals surface area contributed by atoms with Crippen LogP contribution >= 0.6 is 0 Å². The fraction of sp³-hybridized carbons (Fsp3) is 0.600. The summed E-state index contributed by atoms with van der Waals surface area (Å²) in [7, 11) is 1.93. The predicted molar refractivity (Wildman–Crippen MR) is 88.9 cm³/mol. The summed E-state index contributed by atoms with van der Waals surface area (Å²) in [5.41, 5.74) is 0. The van der Waals surface area contributed by atoms with Crippen LogP contribution in [0.3, 0.4) is 0 Å². The molecule has 8 heteroatoms. The van der Waals surface area contributed by atoms with Crippen molar-refractivity contribution in [2.75, 3.05) is 32.7 Å². The maximum Gasteiger partial charge on any atom is 0.219 e. The van der Waals surface area contributed by atoms with Gasteiger partial charge in [-0.3, -0.25) is 4.79 Å². The minimum atomic E-state index is 0.122. The molecule has 0 radical (unpaired) electrons. The molecule has 126 valence electrons. The highest BCUT2D eigenvalue weighted by atomic mass is 16.2. The van der Waals surface area contributed by atoms with Crippen LogP contribution in [0.4, 0.5) is 0 Å². The zero-order valence-electron chi connectivity index (χ0n) is 14.1. The number of aryl methyl sites for hydroxylation is 1. The lowest BCUT2D eigenvalue weighted by molar-refractivity contribution is -0.130. The maximum absolute atomic E-state index is 11.4. The van der Waals surface area contributed by atoms with Gasteiger partial charge in [0, 0.05) is 46.7 Å². The molecule has 8 nitrogen and oxygen atoms in total. The monoisotopic (exact) mass is 319 g/mol. The molecule has 0 aromatic carbocycles. The first kappa shape index (κ1) is 17.0. The molecule has 0 bridgehead atoms. The van der Waals surface area contributed by atoms with Crippen LogP contribution in [0.2, 0.25) is 0 Å². The number of rotatable bonds is 4. The number of piperazine rings is 1. The van der Waals surface area contributed by atoms with E-state index in [0.29, 0.717) is 26.2 Å². The van der Waals surface area contributed by atoms with Gasteiger partial charge in [-0.15, -0.1) is 16.8 Å². The summed E-state index contributed by atoms with van der Waals surface area (Å²) in [6.07, 6.45) is 1.80. The lowest BCUT2D eigenvalue weighted by Gasteiger charge is -2.36. The zero-order valence-corrected chi connectivity index (χ0v) is 14.1. The van der Waals surface area contributed by atoms with Crippen molar-refractivity contribution in [2.45, 2.75) is 20.4 Å². The Labute approximate surface area is 136 Å². The van der Waals surface area contributed by atoms with E-state index in [1.54, 1.807) is 13.0 Å². The van der Waals surface area contributed by atoms with Gasteiger partial charge in [0.25, 0.3) is 0 Å². The molecular weight excluding hydrogens is 294 g/mol. The molecule has 23 heavy (non-hydrogen) atoms. The summed E-state index contributed by atoms with van der Waals surface area (Å²) in [6, 6.07) is 0. The van der Waals surface area contributed by atoms with Crippen LogP contribution in [0.1, 0.15) is 18.6 Å². The number of aliphatic imine (C=N–C) groups is 1. The first-order valence-corrected chi connectivity index (χ1v) is 7.77. The van der Waals surface area contributed by atoms with E-state index in [4.69, 9.17) is 0 Å². The van der Waals surface area contributed by atoms with E-state index in [1.807, 2.05) is 23.4 Å². The SMILES string of the molecule is C=CCNC(=NCc1nnc(C)n1C)N1CCN(C(C)=O)CC1. The number of aromatic nitrogens is 3. The Bertz CT molecular complexity index is 585. The Balaban J connectivity index is 2.04. The van der Waals surface area contributed by atoms with Gasteiger partial charge in [-0.25, -0.2) is 4.99 Å². The van der Waals surface area contributed by atoms with E-state index in [9.17, 15) is 4.79 Å². The molecular formula is C15H25N7O. The van der Waals surface area contributed by atoms with Crippen molar-refractivity contribution < 1.29 is 4.79 Å². The van der Waals surface area contributed by atoms with Crippen LogP contribution < -0.4 is 5.32 Å². The average Bonchev–Trinajstić information content (AvgIpc) is 2.87. The summed E-state index contributed by atoms with van der Waals surface area (Å²) >= 11 is 0. The highest BCUT2D eigenvalue weighted by Crippen LogP contribution is 2.05. The second-order valence-corrected chi connectivity index (χ2v) is 5.52. The van der Waals surface area contributed by atoms with Crippen molar-refractivity contribution >= 4 is 11.9 Å². The molecule has 1 saturated heterocycles. The Morgan fingerprint density at radius 2 is 1.96 bits per heavy atom. The van der Waals surface area contributed by atoms with Gasteiger partial charge in [-0.2, -0.15) is 0 Å². The van der Waals surface area contributed by atoms with Gasteiger partial charge < -0.3 is 19.7 Å². The van der Waals surface area contributed by atoms with Crippen molar-refractivity contribution in [2.24, 2.45) is 12.0 Å². The Morgan fingerprint density at radius 3 is 2.48 bits per heavy atom. The largest absolute Gasteiger partial charge is 0.353 e. The zero-order chi connectivity index (χ0) is 16.8. The average molecular weight is 319 g/mol. The molecule has 1 N–H and O–H groups in total. The molecule has 0 saturated carbocycles. The normalized spacial score (nSPS) is 15.7. The van der Waals surface area contributed by atoms with Gasteiger partial charge in [-0.1, -0.05) is 6.08 Å². The lowest BCUT2D eigenvalue weighted by Crippen LogP contribution is -2.53. The molecule has 2 rings (SSSR count). The highest BCUT2D eigenvalue weighted by Gasteiger charge is 2.21. The van der Waals surface area contributed by atoms with Crippen LogP contribution in [-0.2, 0) is 18.4 Å². The van der Waals surface area contributed by atoms with Crippen LogP contribution in [-0.4, -0.2) is 69.2 Å².